The number of nitrogens with one attached hydrogen (secondary N) is 1. The minimum atomic E-state index is -0.166. The molecule has 1 N–H and O–H groups in total. The molecule has 5 heteroatoms. The predicted molar refractivity (Wildman–Crippen MR) is 120 cm³/mol. The molecule has 0 spiro atoms. The Labute approximate surface area is 180 Å². The summed E-state index contributed by atoms with van der Waals surface area (Å²) in [5, 5.41) is 4.26. The number of hydrogen-bond acceptors (Lipinski definition) is 2. The molecule has 2 nitrogen and oxygen atoms in total. The first-order valence-corrected chi connectivity index (χ1v) is 10.9. The molecule has 0 aliphatic carbocycles. The van der Waals surface area contributed by atoms with Crippen LogP contribution in [0.15, 0.2) is 72.8 Å². The van der Waals surface area contributed by atoms with E-state index in [4.69, 9.17) is 23.2 Å². The zero-order chi connectivity index (χ0) is 19.9. The molecule has 3 aromatic carbocycles. The van der Waals surface area contributed by atoms with Crippen molar-refractivity contribution >= 4 is 40.9 Å². The van der Waals surface area contributed by atoms with Gasteiger partial charge in [-0.2, -0.15) is 0 Å². The molecule has 0 aliphatic heterocycles. The second kappa shape index (κ2) is 10.0. The van der Waals surface area contributed by atoms with Crippen molar-refractivity contribution in [3.63, 3.8) is 0 Å². The van der Waals surface area contributed by atoms with Crippen molar-refractivity contribution in [2.45, 2.75) is 18.7 Å². The van der Waals surface area contributed by atoms with Crippen LogP contribution in [0.2, 0.25) is 10.0 Å². The van der Waals surface area contributed by atoms with Crippen molar-refractivity contribution < 1.29 is 4.79 Å². The van der Waals surface area contributed by atoms with E-state index in [9.17, 15) is 4.79 Å². The quantitative estimate of drug-likeness (QED) is 0.467. The van der Waals surface area contributed by atoms with Gasteiger partial charge < -0.3 is 5.32 Å². The maximum absolute atomic E-state index is 12.6. The number of carbonyl (C=O) groups is 1. The second-order valence-corrected chi connectivity index (χ2v) is 8.31. The van der Waals surface area contributed by atoms with Crippen molar-refractivity contribution in [1.29, 1.82) is 0 Å². The summed E-state index contributed by atoms with van der Waals surface area (Å²) in [4.78, 5) is 12.6. The highest BCUT2D eigenvalue weighted by atomic mass is 35.5. The molecule has 1 atom stereocenters. The third-order valence-electron chi connectivity index (χ3n) is 4.42. The number of aryl methyl sites for hydroxylation is 1. The molecule has 28 heavy (non-hydrogen) atoms. The Morgan fingerprint density at radius 3 is 2.39 bits per heavy atom. The van der Waals surface area contributed by atoms with Gasteiger partial charge in [0.1, 0.15) is 0 Å². The van der Waals surface area contributed by atoms with Gasteiger partial charge in [-0.25, -0.2) is 0 Å². The maximum Gasteiger partial charge on any atom is 0.230 e. The van der Waals surface area contributed by atoms with Gasteiger partial charge in [0.2, 0.25) is 5.91 Å². The van der Waals surface area contributed by atoms with Gasteiger partial charge in [0, 0.05) is 5.75 Å². The van der Waals surface area contributed by atoms with Crippen LogP contribution < -0.4 is 5.32 Å². The summed E-state index contributed by atoms with van der Waals surface area (Å²) in [6.45, 7) is 2.07. The molecular weight excluding hydrogens is 409 g/mol. The zero-order valence-electron chi connectivity index (χ0n) is 15.5. The van der Waals surface area contributed by atoms with Crippen LogP contribution in [0.25, 0.3) is 0 Å². The maximum atomic E-state index is 12.6. The van der Waals surface area contributed by atoms with Crippen LogP contribution in [-0.4, -0.2) is 11.7 Å². The smallest absolute Gasteiger partial charge is 0.230 e. The number of thioether (sulfide) groups is 1. The molecule has 1 amide bonds. The lowest BCUT2D eigenvalue weighted by Gasteiger charge is -2.21. The number of carbonyl (C=O) groups excluding carboxylic acids is 1. The van der Waals surface area contributed by atoms with E-state index in [1.54, 1.807) is 17.8 Å². The Bertz CT molecular complexity index is 946. The Morgan fingerprint density at radius 1 is 0.964 bits per heavy atom. The highest BCUT2D eigenvalue weighted by molar-refractivity contribution is 7.99. The molecule has 0 aromatic heterocycles. The lowest BCUT2D eigenvalue weighted by Crippen LogP contribution is -2.31. The summed E-state index contributed by atoms with van der Waals surface area (Å²) in [5.74, 6) is 1.07. The molecule has 0 bridgehead atoms. The SMILES string of the molecule is Cc1ccccc1[C@H](NC(=O)CSCc1ccc(Cl)c(Cl)c1)c1ccccc1. The predicted octanol–water partition coefficient (Wildman–Crippen LogP) is 6.44. The monoisotopic (exact) mass is 429 g/mol. The molecule has 0 unspecified atom stereocenters. The van der Waals surface area contributed by atoms with E-state index >= 15 is 0 Å². The van der Waals surface area contributed by atoms with Crippen LogP contribution >= 0.6 is 35.0 Å². The average Bonchev–Trinajstić information content (AvgIpc) is 2.70. The molecule has 0 fully saturated rings. The Kier molecular flexibility index (Phi) is 7.43. The average molecular weight is 430 g/mol. The van der Waals surface area contributed by atoms with Crippen LogP contribution in [0.1, 0.15) is 28.3 Å². The van der Waals surface area contributed by atoms with Crippen molar-refractivity contribution in [3.8, 4) is 0 Å². The van der Waals surface area contributed by atoms with Crippen LogP contribution in [0.4, 0.5) is 0 Å². The largest absolute Gasteiger partial charge is 0.344 e. The van der Waals surface area contributed by atoms with E-state index < -0.39 is 0 Å². The van der Waals surface area contributed by atoms with Crippen molar-refractivity contribution in [3.05, 3.63) is 105 Å². The molecule has 0 saturated carbocycles. The molecule has 3 rings (SSSR count). The van der Waals surface area contributed by atoms with Gasteiger partial charge in [0.25, 0.3) is 0 Å². The zero-order valence-corrected chi connectivity index (χ0v) is 17.8. The molecule has 0 aliphatic rings. The van der Waals surface area contributed by atoms with Gasteiger partial charge >= 0.3 is 0 Å². The van der Waals surface area contributed by atoms with E-state index in [-0.39, 0.29) is 11.9 Å². The second-order valence-electron chi connectivity index (χ2n) is 6.51. The summed E-state index contributed by atoms with van der Waals surface area (Å²) in [6.07, 6.45) is 0. The fourth-order valence-corrected chi connectivity index (χ4v) is 4.10. The van der Waals surface area contributed by atoms with Crippen LogP contribution in [0.5, 0.6) is 0 Å². The Balaban J connectivity index is 1.66. The summed E-state index contributed by atoms with van der Waals surface area (Å²) in [7, 11) is 0. The lowest BCUT2D eigenvalue weighted by molar-refractivity contribution is -0.119. The van der Waals surface area contributed by atoms with E-state index in [1.165, 1.54) is 0 Å². The topological polar surface area (TPSA) is 29.1 Å². The highest BCUT2D eigenvalue weighted by Gasteiger charge is 2.18. The summed E-state index contributed by atoms with van der Waals surface area (Å²) >= 11 is 13.6. The number of hydrogen-bond donors (Lipinski definition) is 1. The molecule has 144 valence electrons. The number of halogens is 2. The van der Waals surface area contributed by atoms with Crippen LogP contribution in [0.3, 0.4) is 0 Å². The van der Waals surface area contributed by atoms with E-state index in [1.807, 2.05) is 54.6 Å². The molecule has 0 radical (unpaired) electrons. The molecular formula is C23H21Cl2NOS. The first kappa shape index (κ1) is 20.8. The highest BCUT2D eigenvalue weighted by Crippen LogP contribution is 2.26. The van der Waals surface area contributed by atoms with Gasteiger partial charge in [-0.3, -0.25) is 4.79 Å². The minimum absolute atomic E-state index is 0.00201. The van der Waals surface area contributed by atoms with Crippen molar-refractivity contribution in [1.82, 2.24) is 5.32 Å². The van der Waals surface area contributed by atoms with Crippen molar-refractivity contribution in [2.75, 3.05) is 5.75 Å². The van der Waals surface area contributed by atoms with Gasteiger partial charge in [-0.15, -0.1) is 11.8 Å². The molecule has 0 saturated heterocycles. The first-order valence-electron chi connectivity index (χ1n) is 8.96. The third-order valence-corrected chi connectivity index (χ3v) is 6.17. The summed E-state index contributed by atoms with van der Waals surface area (Å²) in [6, 6.07) is 23.6. The minimum Gasteiger partial charge on any atom is -0.344 e. The Morgan fingerprint density at radius 2 is 1.68 bits per heavy atom. The summed E-state index contributed by atoms with van der Waals surface area (Å²) < 4.78 is 0. The first-order chi connectivity index (χ1) is 13.5. The van der Waals surface area contributed by atoms with Crippen LogP contribution in [0, 0.1) is 6.92 Å². The van der Waals surface area contributed by atoms with E-state index in [0.29, 0.717) is 21.6 Å². The fraction of sp³-hybridized carbons (Fsp3) is 0.174. The van der Waals surface area contributed by atoms with Gasteiger partial charge in [-0.05, 0) is 41.3 Å². The number of rotatable bonds is 7. The normalized spacial score (nSPS) is 11.8. The van der Waals surface area contributed by atoms with Gasteiger partial charge in [-0.1, -0.05) is 83.9 Å². The number of benzene rings is 3. The van der Waals surface area contributed by atoms with E-state index in [0.717, 1.165) is 22.3 Å². The van der Waals surface area contributed by atoms with E-state index in [2.05, 4.69) is 24.4 Å². The van der Waals surface area contributed by atoms with Crippen molar-refractivity contribution in [2.24, 2.45) is 0 Å². The van der Waals surface area contributed by atoms with Gasteiger partial charge in [0.15, 0.2) is 0 Å². The molecule has 3 aromatic rings. The fourth-order valence-electron chi connectivity index (χ4n) is 2.99. The lowest BCUT2D eigenvalue weighted by atomic mass is 9.95. The van der Waals surface area contributed by atoms with Gasteiger partial charge in [0.05, 0.1) is 21.8 Å². The molecule has 0 heterocycles. The van der Waals surface area contributed by atoms with Crippen LogP contribution in [-0.2, 0) is 10.5 Å². The number of amides is 1. The third kappa shape index (κ3) is 5.54. The summed E-state index contributed by atoms with van der Waals surface area (Å²) in [5.41, 5.74) is 4.38. The Hall–Kier alpha value is -1.94. The standard InChI is InChI=1S/C23H21Cl2NOS/c1-16-7-5-6-10-19(16)23(18-8-3-2-4-9-18)26-22(27)15-28-14-17-11-12-20(24)21(25)13-17/h2-13,23H,14-15H2,1H3,(H,26,27)/t23-/m1/s1.